The van der Waals surface area contributed by atoms with Gasteiger partial charge in [-0.2, -0.15) is 0 Å². The Morgan fingerprint density at radius 1 is 1.08 bits per heavy atom. The van der Waals surface area contributed by atoms with Gasteiger partial charge in [0.2, 0.25) is 0 Å². The maximum Gasteiger partial charge on any atom is 0.267 e. The zero-order valence-corrected chi connectivity index (χ0v) is 21.1. The number of alkyl halides is 2. The number of benzene rings is 1. The van der Waals surface area contributed by atoms with Crippen molar-refractivity contribution in [2.45, 2.75) is 37.8 Å². The number of pyridine rings is 1. The van der Waals surface area contributed by atoms with Gasteiger partial charge in [-0.1, -0.05) is 11.6 Å². The van der Waals surface area contributed by atoms with Crippen LogP contribution in [0.1, 0.15) is 36.0 Å². The zero-order chi connectivity index (χ0) is 26.2. The average molecular weight is 549 g/mol. The number of aromatic nitrogens is 4. The Bertz CT molecular complexity index is 1400. The van der Waals surface area contributed by atoms with Crippen molar-refractivity contribution >= 4 is 17.4 Å². The number of rotatable bonds is 5. The van der Waals surface area contributed by atoms with E-state index >= 15 is 0 Å². The lowest BCUT2D eigenvalue weighted by Crippen LogP contribution is -2.62. The molecule has 2 aromatic heterocycles. The van der Waals surface area contributed by atoms with Crippen LogP contribution in [0.4, 0.5) is 23.4 Å². The van der Waals surface area contributed by atoms with E-state index in [0.717, 1.165) is 42.2 Å². The first kappa shape index (κ1) is 24.3. The van der Waals surface area contributed by atoms with Crippen molar-refractivity contribution < 1.29 is 22.3 Å². The molecule has 2 saturated heterocycles. The number of halogens is 5. The van der Waals surface area contributed by atoms with Crippen LogP contribution in [-0.4, -0.2) is 63.4 Å². The van der Waals surface area contributed by atoms with E-state index < -0.39 is 30.0 Å². The Balaban J connectivity index is 1.12. The number of fused-ring (bicyclic) bond motifs is 3. The molecule has 12 heteroatoms. The van der Waals surface area contributed by atoms with E-state index in [9.17, 15) is 17.6 Å². The Morgan fingerprint density at radius 2 is 1.87 bits per heavy atom. The third kappa shape index (κ3) is 3.97. The summed E-state index contributed by atoms with van der Waals surface area (Å²) in [6.07, 6.45) is 2.72. The second-order valence-electron chi connectivity index (χ2n) is 11.1. The Labute approximate surface area is 221 Å². The first-order valence-corrected chi connectivity index (χ1v) is 13.0. The lowest BCUT2D eigenvalue weighted by atomic mass is 9.57. The van der Waals surface area contributed by atoms with Crippen LogP contribution in [0.5, 0.6) is 0 Å². The number of hydrogen-bond acceptors (Lipinski definition) is 6. The quantitative estimate of drug-likeness (QED) is 0.435. The van der Waals surface area contributed by atoms with Gasteiger partial charge in [0.15, 0.2) is 17.5 Å². The van der Waals surface area contributed by atoms with Gasteiger partial charge in [-0.3, -0.25) is 9.47 Å². The van der Waals surface area contributed by atoms with Crippen LogP contribution in [0.2, 0.25) is 5.02 Å². The first-order chi connectivity index (χ1) is 18.2. The van der Waals surface area contributed by atoms with Gasteiger partial charge < -0.3 is 9.64 Å². The minimum absolute atomic E-state index is 0.0199. The van der Waals surface area contributed by atoms with Crippen LogP contribution >= 0.6 is 11.6 Å². The van der Waals surface area contributed by atoms with E-state index in [1.54, 1.807) is 11.0 Å². The maximum absolute atomic E-state index is 14.9. The van der Waals surface area contributed by atoms with Crippen molar-refractivity contribution in [1.82, 2.24) is 24.6 Å². The number of ether oxygens (including phenoxy) is 1. The summed E-state index contributed by atoms with van der Waals surface area (Å²) in [5, 5.41) is 9.50. The van der Waals surface area contributed by atoms with Crippen LogP contribution in [0.15, 0.2) is 30.5 Å². The van der Waals surface area contributed by atoms with Crippen LogP contribution in [-0.2, 0) is 17.8 Å². The van der Waals surface area contributed by atoms with Gasteiger partial charge in [0.05, 0.1) is 44.1 Å². The van der Waals surface area contributed by atoms with E-state index in [0.29, 0.717) is 30.5 Å². The van der Waals surface area contributed by atoms with E-state index in [2.05, 4.69) is 15.2 Å². The van der Waals surface area contributed by atoms with Crippen LogP contribution in [0.25, 0.3) is 5.69 Å². The summed E-state index contributed by atoms with van der Waals surface area (Å²) in [6, 6.07) is 6.37. The SMILES string of the molecule is Fc1cnc(N2CC3(CC(c4nnc5n4-c4ccc(Cl)cc4CN(CC(F)(F)C4COC4)C5)C3)C2)c(F)c1. The molecule has 1 aromatic carbocycles. The number of hydrogen-bond donors (Lipinski definition) is 0. The van der Waals surface area contributed by atoms with E-state index in [1.807, 2.05) is 21.6 Å². The summed E-state index contributed by atoms with van der Waals surface area (Å²) in [7, 11) is 0. The topological polar surface area (TPSA) is 59.3 Å². The summed E-state index contributed by atoms with van der Waals surface area (Å²) in [5.41, 5.74) is 1.72. The highest BCUT2D eigenvalue weighted by atomic mass is 35.5. The highest BCUT2D eigenvalue weighted by Crippen LogP contribution is 2.56. The minimum Gasteiger partial charge on any atom is -0.380 e. The molecule has 3 fully saturated rings. The van der Waals surface area contributed by atoms with Gasteiger partial charge >= 0.3 is 0 Å². The molecule has 0 unspecified atom stereocenters. The highest BCUT2D eigenvalue weighted by molar-refractivity contribution is 6.30. The van der Waals surface area contributed by atoms with Gasteiger partial charge in [-0.15, -0.1) is 10.2 Å². The molecular formula is C26H25ClF4N6O. The lowest BCUT2D eigenvalue weighted by Gasteiger charge is -2.59. The third-order valence-corrected chi connectivity index (χ3v) is 8.57. The van der Waals surface area contributed by atoms with E-state index in [-0.39, 0.29) is 36.9 Å². The molecule has 200 valence electrons. The van der Waals surface area contributed by atoms with Gasteiger partial charge in [-0.05, 0) is 36.6 Å². The standard InChI is InChI=1S/C26H25ClF4N6O/c27-18-1-2-21-15(3-18)8-35(14-26(30,31)17-10-38-11-17)9-22-33-34-23(37(21)22)16-5-25(6-16)12-36(13-25)24-20(29)4-19(28)7-32-24/h1-4,7,16-17H,5-6,8-14H2. The molecule has 3 aliphatic heterocycles. The molecule has 5 heterocycles. The molecule has 0 bridgehead atoms. The minimum atomic E-state index is -2.87. The van der Waals surface area contributed by atoms with E-state index in [4.69, 9.17) is 16.3 Å². The van der Waals surface area contributed by atoms with E-state index in [1.165, 1.54) is 0 Å². The van der Waals surface area contributed by atoms with Crippen LogP contribution in [0.3, 0.4) is 0 Å². The van der Waals surface area contributed by atoms with Crippen molar-refractivity contribution in [1.29, 1.82) is 0 Å². The molecule has 1 aliphatic carbocycles. The second-order valence-corrected chi connectivity index (χ2v) is 11.6. The Kier molecular flexibility index (Phi) is 5.51. The van der Waals surface area contributed by atoms with Crippen LogP contribution in [0, 0.1) is 23.0 Å². The molecule has 7 rings (SSSR count). The summed E-state index contributed by atoms with van der Waals surface area (Å²) in [5.74, 6) is -3.27. The summed E-state index contributed by atoms with van der Waals surface area (Å²) < 4.78 is 64.2. The van der Waals surface area contributed by atoms with Crippen molar-refractivity contribution in [3.05, 3.63) is 64.3 Å². The van der Waals surface area contributed by atoms with Crippen molar-refractivity contribution in [2.75, 3.05) is 37.7 Å². The lowest BCUT2D eigenvalue weighted by molar-refractivity contribution is -0.179. The Hall–Kier alpha value is -2.76. The summed E-state index contributed by atoms with van der Waals surface area (Å²) in [6.45, 7) is 1.60. The molecule has 38 heavy (non-hydrogen) atoms. The van der Waals surface area contributed by atoms with Crippen molar-refractivity contribution in [3.8, 4) is 5.69 Å². The first-order valence-electron chi connectivity index (χ1n) is 12.7. The average Bonchev–Trinajstić information content (AvgIpc) is 3.07. The fourth-order valence-corrected chi connectivity index (χ4v) is 6.55. The summed E-state index contributed by atoms with van der Waals surface area (Å²) in [4.78, 5) is 7.46. The molecule has 7 nitrogen and oxygen atoms in total. The highest BCUT2D eigenvalue weighted by Gasteiger charge is 2.55. The molecule has 0 amide bonds. The fourth-order valence-electron chi connectivity index (χ4n) is 6.35. The van der Waals surface area contributed by atoms with Crippen molar-refractivity contribution in [3.63, 3.8) is 0 Å². The molecule has 1 saturated carbocycles. The number of anilines is 1. The predicted molar refractivity (Wildman–Crippen MR) is 131 cm³/mol. The molecule has 0 radical (unpaired) electrons. The molecule has 3 aromatic rings. The second kappa shape index (κ2) is 8.62. The van der Waals surface area contributed by atoms with Gasteiger partial charge in [0.25, 0.3) is 5.92 Å². The molecule has 0 atom stereocenters. The normalized spacial score (nSPS) is 21.3. The van der Waals surface area contributed by atoms with Gasteiger partial charge in [0, 0.05) is 42.1 Å². The third-order valence-electron chi connectivity index (χ3n) is 8.33. The van der Waals surface area contributed by atoms with Gasteiger partial charge in [-0.25, -0.2) is 22.5 Å². The Morgan fingerprint density at radius 3 is 2.58 bits per heavy atom. The molecular weight excluding hydrogens is 524 g/mol. The number of nitrogens with zero attached hydrogens (tertiary/aromatic N) is 6. The molecule has 0 N–H and O–H groups in total. The van der Waals surface area contributed by atoms with Gasteiger partial charge in [0.1, 0.15) is 11.6 Å². The van der Waals surface area contributed by atoms with Crippen molar-refractivity contribution in [2.24, 2.45) is 11.3 Å². The fraction of sp³-hybridized carbons (Fsp3) is 0.500. The predicted octanol–water partition coefficient (Wildman–Crippen LogP) is 4.58. The monoisotopic (exact) mass is 548 g/mol. The smallest absolute Gasteiger partial charge is 0.267 e. The molecule has 4 aliphatic rings. The summed E-state index contributed by atoms with van der Waals surface area (Å²) >= 11 is 6.30. The van der Waals surface area contributed by atoms with Crippen LogP contribution < -0.4 is 4.90 Å². The maximum atomic E-state index is 14.9. The zero-order valence-electron chi connectivity index (χ0n) is 20.4. The molecule has 1 spiro atoms. The largest absolute Gasteiger partial charge is 0.380 e.